The Morgan fingerprint density at radius 3 is 2.75 bits per heavy atom. The molecule has 0 saturated carbocycles. The van der Waals surface area contributed by atoms with Gasteiger partial charge in [-0.15, -0.1) is 11.3 Å². The van der Waals surface area contributed by atoms with Crippen molar-refractivity contribution in [2.45, 2.75) is 46.6 Å². The number of H-pyrrole nitrogens is 1. The van der Waals surface area contributed by atoms with Crippen LogP contribution in [0.15, 0.2) is 5.38 Å². The Labute approximate surface area is 122 Å². The highest BCUT2D eigenvalue weighted by atomic mass is 32.1. The first-order valence-corrected chi connectivity index (χ1v) is 7.56. The zero-order valence-corrected chi connectivity index (χ0v) is 13.1. The quantitative estimate of drug-likeness (QED) is 0.889. The molecule has 2 rings (SSSR count). The molecule has 0 spiro atoms. The molecule has 0 aliphatic rings. The van der Waals surface area contributed by atoms with Crippen LogP contribution in [0.1, 0.15) is 47.4 Å². The number of aryl methyl sites for hydroxylation is 2. The molecule has 0 unspecified atom stereocenters. The minimum atomic E-state index is -0.00306. The van der Waals surface area contributed by atoms with E-state index in [-0.39, 0.29) is 5.91 Å². The number of nitrogens with zero attached hydrogens (tertiary/aromatic N) is 2. The predicted molar refractivity (Wildman–Crippen MR) is 79.8 cm³/mol. The maximum absolute atomic E-state index is 12.0. The lowest BCUT2D eigenvalue weighted by molar-refractivity contribution is -0.120. The number of nitrogens with one attached hydrogen (secondary N) is 2. The number of aromatic amines is 1. The van der Waals surface area contributed by atoms with Crippen LogP contribution >= 0.6 is 11.3 Å². The first kappa shape index (κ1) is 14.7. The molecule has 0 bridgehead atoms. The molecule has 1 amide bonds. The lowest BCUT2D eigenvalue weighted by Gasteiger charge is -2.04. The van der Waals surface area contributed by atoms with Crippen LogP contribution in [0.4, 0.5) is 0 Å². The van der Waals surface area contributed by atoms with E-state index in [0.29, 0.717) is 18.9 Å². The maximum atomic E-state index is 12.0. The fraction of sp³-hybridized carbons (Fsp3) is 0.500. The normalized spacial score (nSPS) is 11.1. The number of hydrogen-bond donors (Lipinski definition) is 2. The number of carbonyl (C=O) groups is 1. The van der Waals surface area contributed by atoms with Crippen molar-refractivity contribution in [3.05, 3.63) is 33.0 Å². The second kappa shape index (κ2) is 6.17. The van der Waals surface area contributed by atoms with E-state index < -0.39 is 0 Å². The van der Waals surface area contributed by atoms with Crippen LogP contribution in [0.5, 0.6) is 0 Å². The van der Waals surface area contributed by atoms with Gasteiger partial charge in [0.25, 0.3) is 0 Å². The van der Waals surface area contributed by atoms with Gasteiger partial charge in [-0.2, -0.15) is 5.10 Å². The van der Waals surface area contributed by atoms with Gasteiger partial charge in [0.1, 0.15) is 0 Å². The lowest BCUT2D eigenvalue weighted by atomic mass is 10.1. The summed E-state index contributed by atoms with van der Waals surface area (Å²) < 4.78 is 0. The number of rotatable bonds is 5. The summed E-state index contributed by atoms with van der Waals surface area (Å²) >= 11 is 1.64. The molecule has 6 heteroatoms. The van der Waals surface area contributed by atoms with Gasteiger partial charge in [-0.1, -0.05) is 13.8 Å². The number of aromatic nitrogens is 3. The highest BCUT2D eigenvalue weighted by Crippen LogP contribution is 2.19. The van der Waals surface area contributed by atoms with Gasteiger partial charge in [0.15, 0.2) is 0 Å². The summed E-state index contributed by atoms with van der Waals surface area (Å²) in [5.41, 5.74) is 3.73. The van der Waals surface area contributed by atoms with Crippen molar-refractivity contribution >= 4 is 17.2 Å². The molecule has 0 aromatic carbocycles. The van der Waals surface area contributed by atoms with Crippen LogP contribution in [0.25, 0.3) is 0 Å². The average Bonchev–Trinajstić information content (AvgIpc) is 2.98. The minimum absolute atomic E-state index is 0.00306. The van der Waals surface area contributed by atoms with Crippen molar-refractivity contribution < 1.29 is 4.79 Å². The van der Waals surface area contributed by atoms with Gasteiger partial charge >= 0.3 is 0 Å². The van der Waals surface area contributed by atoms with Crippen molar-refractivity contribution in [3.8, 4) is 0 Å². The predicted octanol–water partition coefficient (Wildman–Crippen LogP) is 2.47. The molecule has 2 N–H and O–H groups in total. The molecule has 0 aliphatic heterocycles. The van der Waals surface area contributed by atoms with E-state index in [1.807, 2.05) is 19.2 Å². The van der Waals surface area contributed by atoms with Crippen LogP contribution < -0.4 is 5.32 Å². The number of hydrogen-bond acceptors (Lipinski definition) is 4. The zero-order valence-electron chi connectivity index (χ0n) is 12.3. The first-order valence-electron chi connectivity index (χ1n) is 6.68. The standard InChI is InChI=1S/C14H20N4OS/c1-8(2)14-16-11(7-20-14)6-15-13(19)5-12-9(3)17-18-10(12)4/h7-8H,5-6H2,1-4H3,(H,15,19)(H,17,18). The van der Waals surface area contributed by atoms with Crippen molar-refractivity contribution in [1.82, 2.24) is 20.5 Å². The van der Waals surface area contributed by atoms with E-state index in [2.05, 4.69) is 34.3 Å². The highest BCUT2D eigenvalue weighted by molar-refractivity contribution is 7.09. The molecular weight excluding hydrogens is 272 g/mol. The molecule has 108 valence electrons. The Morgan fingerprint density at radius 1 is 1.45 bits per heavy atom. The second-order valence-electron chi connectivity index (χ2n) is 5.20. The van der Waals surface area contributed by atoms with Crippen molar-refractivity contribution in [1.29, 1.82) is 0 Å². The number of carbonyl (C=O) groups excluding carboxylic acids is 1. The zero-order chi connectivity index (χ0) is 14.7. The maximum Gasteiger partial charge on any atom is 0.224 e. The van der Waals surface area contributed by atoms with Crippen molar-refractivity contribution in [2.75, 3.05) is 0 Å². The van der Waals surface area contributed by atoms with E-state index >= 15 is 0 Å². The topological polar surface area (TPSA) is 70.7 Å². The Balaban J connectivity index is 1.89. The van der Waals surface area contributed by atoms with Crippen LogP contribution in [0, 0.1) is 13.8 Å². The van der Waals surface area contributed by atoms with Gasteiger partial charge in [-0.25, -0.2) is 4.98 Å². The molecule has 0 aliphatic carbocycles. The first-order chi connectivity index (χ1) is 9.47. The Hall–Kier alpha value is -1.69. The van der Waals surface area contributed by atoms with Gasteiger partial charge in [0, 0.05) is 22.6 Å². The summed E-state index contributed by atoms with van der Waals surface area (Å²) in [6.07, 6.45) is 0.356. The van der Waals surface area contributed by atoms with E-state index in [1.54, 1.807) is 11.3 Å². The summed E-state index contributed by atoms with van der Waals surface area (Å²) in [6, 6.07) is 0. The van der Waals surface area contributed by atoms with Crippen LogP contribution in [0.2, 0.25) is 0 Å². The Bertz CT molecular complexity index is 581. The fourth-order valence-electron chi connectivity index (χ4n) is 1.92. The molecule has 5 nitrogen and oxygen atoms in total. The number of amides is 1. The molecule has 0 radical (unpaired) electrons. The molecule has 2 aromatic heterocycles. The van der Waals surface area contributed by atoms with E-state index in [0.717, 1.165) is 27.7 Å². The minimum Gasteiger partial charge on any atom is -0.350 e. The van der Waals surface area contributed by atoms with Gasteiger partial charge in [0.2, 0.25) is 5.91 Å². The SMILES string of the molecule is Cc1n[nH]c(C)c1CC(=O)NCc1csc(C(C)C)n1. The Morgan fingerprint density at radius 2 is 2.20 bits per heavy atom. The molecule has 0 fully saturated rings. The smallest absolute Gasteiger partial charge is 0.224 e. The summed E-state index contributed by atoms with van der Waals surface area (Å²) in [5, 5.41) is 13.0. The second-order valence-corrected chi connectivity index (χ2v) is 6.09. The molecule has 20 heavy (non-hydrogen) atoms. The third kappa shape index (κ3) is 3.45. The summed E-state index contributed by atoms with van der Waals surface area (Å²) in [7, 11) is 0. The van der Waals surface area contributed by atoms with Gasteiger partial charge < -0.3 is 5.32 Å². The van der Waals surface area contributed by atoms with Crippen molar-refractivity contribution in [3.63, 3.8) is 0 Å². The molecule has 2 heterocycles. The number of thiazole rings is 1. The highest BCUT2D eigenvalue weighted by Gasteiger charge is 2.12. The summed E-state index contributed by atoms with van der Waals surface area (Å²) in [4.78, 5) is 16.5. The summed E-state index contributed by atoms with van der Waals surface area (Å²) in [5.74, 6) is 0.428. The molecule has 0 saturated heterocycles. The monoisotopic (exact) mass is 292 g/mol. The van der Waals surface area contributed by atoms with E-state index in [1.165, 1.54) is 0 Å². The lowest BCUT2D eigenvalue weighted by Crippen LogP contribution is -2.25. The van der Waals surface area contributed by atoms with E-state index in [4.69, 9.17) is 0 Å². The largest absolute Gasteiger partial charge is 0.350 e. The molecule has 2 aromatic rings. The van der Waals surface area contributed by atoms with Gasteiger partial charge in [-0.3, -0.25) is 9.89 Å². The van der Waals surface area contributed by atoms with E-state index in [9.17, 15) is 4.79 Å². The van der Waals surface area contributed by atoms with Crippen LogP contribution in [0.3, 0.4) is 0 Å². The summed E-state index contributed by atoms with van der Waals surface area (Å²) in [6.45, 7) is 8.55. The van der Waals surface area contributed by atoms with Crippen molar-refractivity contribution in [2.24, 2.45) is 0 Å². The average molecular weight is 292 g/mol. The molecular formula is C14H20N4OS. The van der Waals surface area contributed by atoms with Gasteiger partial charge in [0.05, 0.1) is 29.4 Å². The van der Waals surface area contributed by atoms with Crippen LogP contribution in [-0.2, 0) is 17.8 Å². The third-order valence-electron chi connectivity index (χ3n) is 3.15. The van der Waals surface area contributed by atoms with Crippen LogP contribution in [-0.4, -0.2) is 21.1 Å². The third-order valence-corrected chi connectivity index (χ3v) is 4.34. The Kier molecular flexibility index (Phi) is 4.54. The molecule has 0 atom stereocenters. The fourth-order valence-corrected chi connectivity index (χ4v) is 2.75. The van der Waals surface area contributed by atoms with Gasteiger partial charge in [-0.05, 0) is 13.8 Å².